The van der Waals surface area contributed by atoms with E-state index in [2.05, 4.69) is 12.2 Å². The summed E-state index contributed by atoms with van der Waals surface area (Å²) < 4.78 is 5.37. The zero-order valence-electron chi connectivity index (χ0n) is 18.9. The molecule has 0 aliphatic carbocycles. The number of nitrogens with two attached hydrogens (primary N) is 2. The molecule has 7 heteroatoms. The van der Waals surface area contributed by atoms with Gasteiger partial charge in [0.25, 0.3) is 0 Å². The summed E-state index contributed by atoms with van der Waals surface area (Å²) in [6.45, 7) is 3.35. The lowest BCUT2D eigenvalue weighted by atomic mass is 10.0. The number of rotatable bonds is 9. The van der Waals surface area contributed by atoms with Gasteiger partial charge in [0.2, 0.25) is 11.8 Å². The van der Waals surface area contributed by atoms with E-state index in [1.807, 2.05) is 48.5 Å². The smallest absolute Gasteiger partial charge is 0.243 e. The Hall–Kier alpha value is -2.90. The molecule has 2 amide bonds. The van der Waals surface area contributed by atoms with Crippen LogP contribution in [0.3, 0.4) is 0 Å². The summed E-state index contributed by atoms with van der Waals surface area (Å²) in [6, 6.07) is 14.6. The third-order valence-electron chi connectivity index (χ3n) is 6.04. The van der Waals surface area contributed by atoms with Crippen LogP contribution in [0, 0.1) is 5.92 Å². The minimum atomic E-state index is -0.621. The summed E-state index contributed by atoms with van der Waals surface area (Å²) in [5.41, 5.74) is 14.9. The van der Waals surface area contributed by atoms with Crippen molar-refractivity contribution in [3.05, 3.63) is 65.2 Å². The number of hydrogen-bond donors (Lipinski definition) is 3. The topological polar surface area (TPSA) is 111 Å². The number of hydrogen-bond acceptors (Lipinski definition) is 5. The van der Waals surface area contributed by atoms with Crippen LogP contribution in [-0.4, -0.2) is 42.5 Å². The molecule has 0 spiro atoms. The molecular formula is C25H34N4O3. The van der Waals surface area contributed by atoms with Crippen molar-refractivity contribution in [3.63, 3.8) is 0 Å². The molecule has 7 nitrogen and oxygen atoms in total. The first-order valence-corrected chi connectivity index (χ1v) is 11.2. The summed E-state index contributed by atoms with van der Waals surface area (Å²) in [6.07, 6.45) is 1.92. The molecule has 0 aromatic heterocycles. The van der Waals surface area contributed by atoms with Crippen molar-refractivity contribution in [1.82, 2.24) is 10.2 Å². The largest absolute Gasteiger partial charge is 0.496 e. The highest BCUT2D eigenvalue weighted by atomic mass is 16.5. The third kappa shape index (κ3) is 5.87. The van der Waals surface area contributed by atoms with Crippen molar-refractivity contribution >= 4 is 11.8 Å². The fourth-order valence-electron chi connectivity index (χ4n) is 4.22. The van der Waals surface area contributed by atoms with Gasteiger partial charge in [0.05, 0.1) is 13.2 Å². The summed E-state index contributed by atoms with van der Waals surface area (Å²) in [5, 5.41) is 2.97. The maximum Gasteiger partial charge on any atom is 0.243 e. The fourth-order valence-corrected chi connectivity index (χ4v) is 4.22. The first-order valence-electron chi connectivity index (χ1n) is 11.2. The molecule has 0 saturated carbocycles. The Morgan fingerprint density at radius 1 is 1.19 bits per heavy atom. The van der Waals surface area contributed by atoms with Crippen molar-refractivity contribution in [2.75, 3.05) is 13.7 Å². The average molecular weight is 439 g/mol. The lowest BCUT2D eigenvalue weighted by molar-refractivity contribution is -0.139. The Bertz CT molecular complexity index is 919. The van der Waals surface area contributed by atoms with Crippen LogP contribution in [0.25, 0.3) is 0 Å². The number of ether oxygens (including phenoxy) is 1. The predicted molar refractivity (Wildman–Crippen MR) is 125 cm³/mol. The van der Waals surface area contributed by atoms with Gasteiger partial charge in [0.15, 0.2) is 0 Å². The highest BCUT2D eigenvalue weighted by molar-refractivity contribution is 5.90. The van der Waals surface area contributed by atoms with Crippen molar-refractivity contribution in [3.8, 4) is 5.75 Å². The van der Waals surface area contributed by atoms with Crippen LogP contribution in [0.5, 0.6) is 5.75 Å². The minimum absolute atomic E-state index is 0.153. The van der Waals surface area contributed by atoms with Gasteiger partial charge in [-0.2, -0.15) is 0 Å². The van der Waals surface area contributed by atoms with Gasteiger partial charge in [-0.05, 0) is 42.4 Å². The molecule has 1 fully saturated rings. The summed E-state index contributed by atoms with van der Waals surface area (Å²) in [4.78, 5) is 27.7. The Balaban J connectivity index is 1.59. The van der Waals surface area contributed by atoms with Crippen molar-refractivity contribution in [1.29, 1.82) is 0 Å². The van der Waals surface area contributed by atoms with Crippen LogP contribution in [-0.2, 0) is 29.1 Å². The Kier molecular flexibility index (Phi) is 8.25. The van der Waals surface area contributed by atoms with Crippen LogP contribution in [0.4, 0.5) is 0 Å². The Morgan fingerprint density at radius 3 is 2.62 bits per heavy atom. The monoisotopic (exact) mass is 438 g/mol. The Morgan fingerprint density at radius 2 is 1.94 bits per heavy atom. The first-order chi connectivity index (χ1) is 15.4. The van der Waals surface area contributed by atoms with Gasteiger partial charge >= 0.3 is 0 Å². The van der Waals surface area contributed by atoms with Gasteiger partial charge in [0, 0.05) is 25.2 Å². The van der Waals surface area contributed by atoms with E-state index in [1.54, 1.807) is 12.0 Å². The van der Waals surface area contributed by atoms with E-state index in [0.717, 1.165) is 23.1 Å². The van der Waals surface area contributed by atoms with Gasteiger partial charge in [0.1, 0.15) is 11.8 Å². The molecule has 2 aromatic carbocycles. The van der Waals surface area contributed by atoms with Crippen molar-refractivity contribution in [2.24, 2.45) is 17.4 Å². The SMILES string of the molecule is COc1cc(CNC(=O)[C@@H]2C[C@H](C)CN2C(=O)[C@H](N)CCc2ccccc2)ccc1CN. The minimum Gasteiger partial charge on any atom is -0.496 e. The van der Waals surface area contributed by atoms with Crippen LogP contribution in [0.2, 0.25) is 0 Å². The van der Waals surface area contributed by atoms with Crippen LogP contribution < -0.4 is 21.5 Å². The van der Waals surface area contributed by atoms with E-state index in [-0.39, 0.29) is 17.7 Å². The number of nitrogens with zero attached hydrogens (tertiary/aromatic N) is 1. The van der Waals surface area contributed by atoms with Gasteiger partial charge in [-0.1, -0.05) is 49.4 Å². The maximum absolute atomic E-state index is 13.0. The van der Waals surface area contributed by atoms with Crippen molar-refractivity contribution in [2.45, 2.75) is 51.4 Å². The van der Waals surface area contributed by atoms with Gasteiger partial charge in [-0.15, -0.1) is 0 Å². The molecule has 1 saturated heterocycles. The van der Waals surface area contributed by atoms with E-state index >= 15 is 0 Å². The number of amides is 2. The molecule has 3 atom stereocenters. The normalized spacial score (nSPS) is 18.9. The van der Waals surface area contributed by atoms with Crippen LogP contribution in [0.15, 0.2) is 48.5 Å². The molecular weight excluding hydrogens is 404 g/mol. The molecule has 32 heavy (non-hydrogen) atoms. The second-order valence-electron chi connectivity index (χ2n) is 8.55. The lowest BCUT2D eigenvalue weighted by Gasteiger charge is -2.27. The number of likely N-dealkylation sites (tertiary alicyclic amines) is 1. The predicted octanol–water partition coefficient (Wildman–Crippen LogP) is 1.97. The van der Waals surface area contributed by atoms with Gasteiger partial charge in [-0.25, -0.2) is 0 Å². The molecule has 1 heterocycles. The van der Waals surface area contributed by atoms with Gasteiger partial charge < -0.3 is 26.4 Å². The zero-order valence-corrected chi connectivity index (χ0v) is 18.9. The van der Waals surface area contributed by atoms with E-state index in [4.69, 9.17) is 16.2 Å². The fraction of sp³-hybridized carbons (Fsp3) is 0.440. The van der Waals surface area contributed by atoms with E-state index in [0.29, 0.717) is 38.2 Å². The number of methoxy groups -OCH3 is 1. The summed E-state index contributed by atoms with van der Waals surface area (Å²) in [5.74, 6) is 0.647. The number of nitrogens with one attached hydrogen (secondary N) is 1. The van der Waals surface area contributed by atoms with E-state index in [1.165, 1.54) is 0 Å². The molecule has 0 radical (unpaired) electrons. The number of aryl methyl sites for hydroxylation is 1. The number of carbonyl (C=O) groups is 2. The average Bonchev–Trinajstić information content (AvgIpc) is 3.22. The number of benzene rings is 2. The molecule has 172 valence electrons. The summed E-state index contributed by atoms with van der Waals surface area (Å²) in [7, 11) is 1.60. The number of carbonyl (C=O) groups excluding carboxylic acids is 2. The summed E-state index contributed by atoms with van der Waals surface area (Å²) >= 11 is 0. The molecule has 1 aliphatic heterocycles. The van der Waals surface area contributed by atoms with E-state index in [9.17, 15) is 9.59 Å². The molecule has 5 N–H and O–H groups in total. The lowest BCUT2D eigenvalue weighted by Crippen LogP contribution is -2.51. The third-order valence-corrected chi connectivity index (χ3v) is 6.04. The highest BCUT2D eigenvalue weighted by Crippen LogP contribution is 2.25. The molecule has 3 rings (SSSR count). The maximum atomic E-state index is 13.0. The molecule has 0 unspecified atom stereocenters. The van der Waals surface area contributed by atoms with E-state index < -0.39 is 12.1 Å². The quantitative estimate of drug-likeness (QED) is 0.554. The zero-order chi connectivity index (χ0) is 23.1. The molecule has 2 aromatic rings. The highest BCUT2D eigenvalue weighted by Gasteiger charge is 2.39. The second-order valence-corrected chi connectivity index (χ2v) is 8.55. The van der Waals surface area contributed by atoms with Gasteiger partial charge in [-0.3, -0.25) is 9.59 Å². The van der Waals surface area contributed by atoms with Crippen LogP contribution in [0.1, 0.15) is 36.5 Å². The Labute approximate surface area is 190 Å². The molecule has 1 aliphatic rings. The first kappa shape index (κ1) is 23.8. The standard InChI is InChI=1S/C25H34N4O3/c1-17-12-22(24(30)28-15-19-8-10-20(14-26)23(13-19)32-2)29(16-17)25(31)21(27)11-9-18-6-4-3-5-7-18/h3-8,10,13,17,21-22H,9,11-12,14-16,26-27H2,1-2H3,(H,28,30)/t17-,21+,22-/m0/s1. The second kappa shape index (κ2) is 11.1. The molecule has 0 bridgehead atoms. The van der Waals surface area contributed by atoms with Crippen LogP contribution >= 0.6 is 0 Å². The van der Waals surface area contributed by atoms with Crippen molar-refractivity contribution < 1.29 is 14.3 Å².